The van der Waals surface area contributed by atoms with E-state index in [9.17, 15) is 0 Å². The molecule has 12 rings (SSSR count). The van der Waals surface area contributed by atoms with E-state index in [1.807, 2.05) is 40.9 Å². The number of hydrogen-bond acceptors (Lipinski definition) is 6. The molecule has 0 saturated heterocycles. The second-order valence-electron chi connectivity index (χ2n) is 13.9. The molecular formula is C46H30N2OS3. The third kappa shape index (κ3) is 4.23. The summed E-state index contributed by atoms with van der Waals surface area (Å²) in [7, 11) is 0. The van der Waals surface area contributed by atoms with Crippen LogP contribution in [0.2, 0.25) is 0 Å². The van der Waals surface area contributed by atoms with Gasteiger partial charge in [0.1, 0.15) is 11.2 Å². The first-order valence-corrected chi connectivity index (χ1v) is 20.3. The van der Waals surface area contributed by atoms with Crippen molar-refractivity contribution in [3.8, 4) is 0 Å². The van der Waals surface area contributed by atoms with Crippen LogP contribution in [0.4, 0.5) is 28.4 Å². The van der Waals surface area contributed by atoms with Gasteiger partial charge in [-0.1, -0.05) is 84.6 Å². The maximum absolute atomic E-state index is 6.42. The second kappa shape index (κ2) is 11.2. The van der Waals surface area contributed by atoms with Gasteiger partial charge in [-0.15, -0.1) is 23.1 Å². The van der Waals surface area contributed by atoms with Gasteiger partial charge in [0, 0.05) is 70.3 Å². The molecule has 2 aromatic heterocycles. The standard InChI is InChI=1S/C46H30N2OS3/c1-5-13-37-31(9-1)32-23-21-30(26-38(32)49-37)47(29-22-24-42-36(25-29)33-10-2-6-14-39(33)50-42)27-17-19-28(20-18-27)48-43-34-11-3-7-15-40(34)51-45(43)46-44(48)35-12-4-8-16-41(35)52-46/h1-9,11-26,33,43,45H,10H2. The van der Waals surface area contributed by atoms with Gasteiger partial charge in [0.2, 0.25) is 0 Å². The fourth-order valence-electron chi connectivity index (χ4n) is 8.81. The zero-order valence-corrected chi connectivity index (χ0v) is 30.3. The highest BCUT2D eigenvalue weighted by Gasteiger charge is 2.48. The number of thiophene rings is 1. The van der Waals surface area contributed by atoms with Crippen LogP contribution >= 0.6 is 34.9 Å². The summed E-state index contributed by atoms with van der Waals surface area (Å²) in [5.41, 5.74) is 10.6. The Hall–Kier alpha value is -5.14. The largest absolute Gasteiger partial charge is 0.456 e. The fraction of sp³-hybridized carbons (Fsp3) is 0.0870. The summed E-state index contributed by atoms with van der Waals surface area (Å²) < 4.78 is 7.78. The van der Waals surface area contributed by atoms with Crippen molar-refractivity contribution in [1.29, 1.82) is 0 Å². The molecule has 1 aliphatic carbocycles. The number of benzene rings is 6. The number of rotatable bonds is 4. The van der Waals surface area contributed by atoms with E-state index in [1.54, 1.807) is 0 Å². The molecule has 52 heavy (non-hydrogen) atoms. The van der Waals surface area contributed by atoms with Crippen LogP contribution in [-0.2, 0) is 0 Å². The molecule has 6 heteroatoms. The molecule has 248 valence electrons. The predicted octanol–water partition coefficient (Wildman–Crippen LogP) is 14.3. The second-order valence-corrected chi connectivity index (χ2v) is 17.3. The van der Waals surface area contributed by atoms with E-state index in [1.165, 1.54) is 52.2 Å². The predicted molar refractivity (Wildman–Crippen MR) is 221 cm³/mol. The highest BCUT2D eigenvalue weighted by molar-refractivity contribution is 8.03. The van der Waals surface area contributed by atoms with Crippen molar-refractivity contribution in [2.45, 2.75) is 33.4 Å². The molecule has 3 nitrogen and oxygen atoms in total. The fourth-order valence-corrected chi connectivity index (χ4v) is 12.9. The van der Waals surface area contributed by atoms with E-state index >= 15 is 0 Å². The Morgan fingerprint density at radius 2 is 1.42 bits per heavy atom. The van der Waals surface area contributed by atoms with Gasteiger partial charge in [-0.25, -0.2) is 0 Å². The van der Waals surface area contributed by atoms with Gasteiger partial charge in [-0.05, 0) is 95.2 Å². The molecule has 0 saturated carbocycles. The summed E-state index contributed by atoms with van der Waals surface area (Å²) in [6, 6.07) is 49.5. The molecule has 3 unspecified atom stereocenters. The van der Waals surface area contributed by atoms with Gasteiger partial charge in [-0.2, -0.15) is 0 Å². The summed E-state index contributed by atoms with van der Waals surface area (Å²) in [5.74, 6) is 0.428. The van der Waals surface area contributed by atoms with Crippen molar-refractivity contribution in [1.82, 2.24) is 0 Å². The zero-order valence-electron chi connectivity index (χ0n) is 27.9. The van der Waals surface area contributed by atoms with Crippen molar-refractivity contribution in [3.63, 3.8) is 0 Å². The van der Waals surface area contributed by atoms with E-state index < -0.39 is 0 Å². The van der Waals surface area contributed by atoms with Crippen LogP contribution in [0.1, 0.15) is 39.6 Å². The van der Waals surface area contributed by atoms with E-state index in [0.717, 1.165) is 45.4 Å². The quantitative estimate of drug-likeness (QED) is 0.180. The van der Waals surface area contributed by atoms with E-state index in [0.29, 0.717) is 11.2 Å². The number of nitrogens with zero attached hydrogens (tertiary/aromatic N) is 2. The lowest BCUT2D eigenvalue weighted by Gasteiger charge is -2.30. The van der Waals surface area contributed by atoms with Crippen molar-refractivity contribution in [2.24, 2.45) is 0 Å². The number of anilines is 5. The smallest absolute Gasteiger partial charge is 0.137 e. The number of fused-ring (bicyclic) bond motifs is 13. The van der Waals surface area contributed by atoms with Crippen LogP contribution in [0, 0.1) is 0 Å². The maximum Gasteiger partial charge on any atom is 0.137 e. The van der Waals surface area contributed by atoms with Crippen molar-refractivity contribution in [3.05, 3.63) is 173 Å². The number of hydrogen-bond donors (Lipinski definition) is 0. The van der Waals surface area contributed by atoms with Crippen molar-refractivity contribution < 1.29 is 4.42 Å². The molecular weight excluding hydrogens is 693 g/mol. The lowest BCUT2D eigenvalue weighted by atomic mass is 9.92. The van der Waals surface area contributed by atoms with Crippen LogP contribution in [-0.4, -0.2) is 0 Å². The Kier molecular flexibility index (Phi) is 6.33. The van der Waals surface area contributed by atoms with Gasteiger partial charge in [0.05, 0.1) is 17.0 Å². The number of para-hydroxylation sites is 1. The average molecular weight is 723 g/mol. The van der Waals surface area contributed by atoms with E-state index in [-0.39, 0.29) is 6.04 Å². The molecule has 0 amide bonds. The minimum atomic E-state index is 0.269. The first kappa shape index (κ1) is 29.4. The Labute approximate surface area is 313 Å². The number of furan rings is 1. The van der Waals surface area contributed by atoms with E-state index in [2.05, 4.69) is 155 Å². The third-order valence-corrected chi connectivity index (χ3v) is 15.1. The lowest BCUT2D eigenvalue weighted by Crippen LogP contribution is -2.19. The topological polar surface area (TPSA) is 19.6 Å². The number of thioether (sulfide) groups is 2. The first-order valence-electron chi connectivity index (χ1n) is 17.8. The Balaban J connectivity index is 1.01. The molecule has 0 spiro atoms. The maximum atomic E-state index is 6.42. The monoisotopic (exact) mass is 722 g/mol. The lowest BCUT2D eigenvalue weighted by molar-refractivity contribution is 0.669. The van der Waals surface area contributed by atoms with Crippen LogP contribution in [0.15, 0.2) is 171 Å². The summed E-state index contributed by atoms with van der Waals surface area (Å²) in [6.07, 6.45) is 7.84. The van der Waals surface area contributed by atoms with Gasteiger partial charge in [0.25, 0.3) is 0 Å². The Morgan fingerprint density at radius 1 is 0.654 bits per heavy atom. The Bertz CT molecular complexity index is 2830. The normalized spacial score (nSPS) is 19.5. The van der Waals surface area contributed by atoms with E-state index in [4.69, 9.17) is 4.42 Å². The summed E-state index contributed by atoms with van der Waals surface area (Å²) >= 11 is 5.91. The van der Waals surface area contributed by atoms with Gasteiger partial charge < -0.3 is 14.2 Å². The first-order chi connectivity index (χ1) is 25.8. The van der Waals surface area contributed by atoms with Crippen LogP contribution in [0.5, 0.6) is 0 Å². The average Bonchev–Trinajstić information content (AvgIpc) is 4.00. The van der Waals surface area contributed by atoms with Gasteiger partial charge in [-0.3, -0.25) is 0 Å². The molecule has 4 aliphatic rings. The van der Waals surface area contributed by atoms with Crippen LogP contribution in [0.25, 0.3) is 32.0 Å². The minimum Gasteiger partial charge on any atom is -0.456 e. The SMILES string of the molecule is C1=CCC2C(=C1)Sc1ccc(N(c3ccc(N4c5c(sc6ccccc56)C5Sc6ccccc6C54)cc3)c3ccc4c(c3)oc3ccccc34)cc12. The van der Waals surface area contributed by atoms with Crippen molar-refractivity contribution in [2.75, 3.05) is 9.80 Å². The summed E-state index contributed by atoms with van der Waals surface area (Å²) in [4.78, 5) is 10.7. The number of allylic oxidation sites excluding steroid dienone is 4. The molecule has 0 radical (unpaired) electrons. The van der Waals surface area contributed by atoms with Crippen LogP contribution < -0.4 is 9.80 Å². The van der Waals surface area contributed by atoms with Crippen LogP contribution in [0.3, 0.4) is 0 Å². The molecule has 3 aliphatic heterocycles. The summed E-state index contributed by atoms with van der Waals surface area (Å²) in [6.45, 7) is 0. The third-order valence-electron chi connectivity index (χ3n) is 11.1. The molecule has 6 aromatic carbocycles. The molecule has 0 bridgehead atoms. The zero-order chi connectivity index (χ0) is 33.9. The summed E-state index contributed by atoms with van der Waals surface area (Å²) in [5, 5.41) is 4.02. The molecule has 0 fully saturated rings. The molecule has 0 N–H and O–H groups in total. The highest BCUT2D eigenvalue weighted by Crippen LogP contribution is 2.67. The van der Waals surface area contributed by atoms with Gasteiger partial charge in [0.15, 0.2) is 0 Å². The Morgan fingerprint density at radius 3 is 2.37 bits per heavy atom. The minimum absolute atomic E-state index is 0.269. The molecule has 3 atom stereocenters. The molecule has 5 heterocycles. The molecule has 8 aromatic rings. The van der Waals surface area contributed by atoms with Gasteiger partial charge >= 0.3 is 0 Å². The van der Waals surface area contributed by atoms with Crippen molar-refractivity contribution >= 4 is 95.3 Å². The highest BCUT2D eigenvalue weighted by atomic mass is 32.2.